The van der Waals surface area contributed by atoms with E-state index in [0.717, 1.165) is 0 Å². The van der Waals surface area contributed by atoms with Gasteiger partial charge in [0.05, 0.1) is 12.2 Å². The molecule has 2 aliphatic rings. The van der Waals surface area contributed by atoms with E-state index in [1.807, 2.05) is 0 Å². The van der Waals surface area contributed by atoms with Gasteiger partial charge in [-0.05, 0) is 12.8 Å². The van der Waals surface area contributed by atoms with Gasteiger partial charge in [0.25, 0.3) is 0 Å². The highest BCUT2D eigenvalue weighted by molar-refractivity contribution is 5.82. The summed E-state index contributed by atoms with van der Waals surface area (Å²) in [7, 11) is 0. The zero-order valence-corrected chi connectivity index (χ0v) is 11.5. The zero-order valence-electron chi connectivity index (χ0n) is 11.5. The molecule has 0 aromatic rings. The van der Waals surface area contributed by atoms with Crippen LogP contribution in [0.4, 0.5) is 17.6 Å². The first-order chi connectivity index (χ1) is 9.85. The van der Waals surface area contributed by atoms with Crippen molar-refractivity contribution in [3.8, 4) is 0 Å². The van der Waals surface area contributed by atoms with Gasteiger partial charge < -0.3 is 14.2 Å². The lowest BCUT2D eigenvalue weighted by molar-refractivity contribution is -0.171. The first-order valence-corrected chi connectivity index (χ1v) is 6.83. The van der Waals surface area contributed by atoms with Crippen molar-refractivity contribution >= 4 is 5.78 Å². The molecule has 0 aromatic heterocycles. The monoisotopic (exact) mass is 314 g/mol. The van der Waals surface area contributed by atoms with E-state index in [1.165, 1.54) is 0 Å². The predicted octanol–water partition coefficient (Wildman–Crippen LogP) is 2.06. The Morgan fingerprint density at radius 3 is 2.76 bits per heavy atom. The summed E-state index contributed by atoms with van der Waals surface area (Å²) in [5.41, 5.74) is -0.467. The molecule has 2 unspecified atom stereocenters. The quantitative estimate of drug-likeness (QED) is 0.704. The Labute approximate surface area is 119 Å². The van der Waals surface area contributed by atoms with Crippen LogP contribution in [0.2, 0.25) is 0 Å². The molecule has 1 spiro atoms. The summed E-state index contributed by atoms with van der Waals surface area (Å²) in [4.78, 5) is 11.9. The molecule has 8 heteroatoms. The highest BCUT2D eigenvalue weighted by atomic mass is 19.3. The number of carbonyl (C=O) groups excluding carboxylic acids is 1. The molecular formula is C13H18F4O4. The van der Waals surface area contributed by atoms with Gasteiger partial charge in [-0.1, -0.05) is 0 Å². The number of alkyl halides is 4. The molecule has 2 aliphatic heterocycles. The van der Waals surface area contributed by atoms with Crippen molar-refractivity contribution < 1.29 is 36.6 Å². The van der Waals surface area contributed by atoms with Crippen LogP contribution in [0.3, 0.4) is 0 Å². The highest BCUT2D eigenvalue weighted by Gasteiger charge is 2.44. The van der Waals surface area contributed by atoms with Crippen molar-refractivity contribution in [1.82, 2.24) is 0 Å². The summed E-state index contributed by atoms with van der Waals surface area (Å²) in [6.07, 6.45) is -2.16. The maximum atomic E-state index is 12.7. The third-order valence-electron chi connectivity index (χ3n) is 3.87. The SMILES string of the molecule is O=C(COCC(F)(F)C(F)F)C1CCOC2(CCOC2)C1. The third-order valence-corrected chi connectivity index (χ3v) is 3.87. The molecule has 0 amide bonds. The van der Waals surface area contributed by atoms with E-state index in [-0.39, 0.29) is 11.7 Å². The minimum absolute atomic E-state index is 0.352. The van der Waals surface area contributed by atoms with Crippen LogP contribution in [0.15, 0.2) is 0 Å². The van der Waals surface area contributed by atoms with E-state index in [0.29, 0.717) is 39.1 Å². The number of hydrogen-bond acceptors (Lipinski definition) is 4. The van der Waals surface area contributed by atoms with E-state index in [9.17, 15) is 22.4 Å². The molecule has 2 rings (SSSR count). The molecule has 2 fully saturated rings. The van der Waals surface area contributed by atoms with Crippen LogP contribution < -0.4 is 0 Å². The molecule has 0 aromatic carbocycles. The van der Waals surface area contributed by atoms with Crippen molar-refractivity contribution in [3.63, 3.8) is 0 Å². The molecule has 122 valence electrons. The van der Waals surface area contributed by atoms with Gasteiger partial charge in [-0.3, -0.25) is 4.79 Å². The van der Waals surface area contributed by atoms with Gasteiger partial charge in [-0.25, -0.2) is 8.78 Å². The summed E-state index contributed by atoms with van der Waals surface area (Å²) < 4.78 is 64.6. The number of Topliss-reactive ketones (excluding diaryl/α,β-unsaturated/α-hetero) is 1. The molecule has 0 bridgehead atoms. The summed E-state index contributed by atoms with van der Waals surface area (Å²) >= 11 is 0. The first-order valence-electron chi connectivity index (χ1n) is 6.83. The maximum absolute atomic E-state index is 12.7. The van der Waals surface area contributed by atoms with Crippen molar-refractivity contribution in [3.05, 3.63) is 0 Å². The van der Waals surface area contributed by atoms with Gasteiger partial charge in [0.1, 0.15) is 13.2 Å². The molecular weight excluding hydrogens is 296 g/mol. The average Bonchev–Trinajstić information content (AvgIpc) is 2.86. The summed E-state index contributed by atoms with van der Waals surface area (Å²) in [5, 5.41) is 0. The van der Waals surface area contributed by atoms with E-state index in [2.05, 4.69) is 4.74 Å². The molecule has 0 saturated carbocycles. The molecule has 21 heavy (non-hydrogen) atoms. The van der Waals surface area contributed by atoms with Gasteiger partial charge in [0.2, 0.25) is 0 Å². The Kier molecular flexibility index (Phi) is 5.21. The summed E-state index contributed by atoms with van der Waals surface area (Å²) in [5.74, 6) is -4.94. The third kappa shape index (κ3) is 4.14. The fourth-order valence-corrected chi connectivity index (χ4v) is 2.63. The Morgan fingerprint density at radius 2 is 2.14 bits per heavy atom. The normalized spacial score (nSPS) is 30.2. The Balaban J connectivity index is 1.78. The predicted molar refractivity (Wildman–Crippen MR) is 63.6 cm³/mol. The first kappa shape index (κ1) is 16.6. The van der Waals surface area contributed by atoms with E-state index >= 15 is 0 Å². The summed E-state index contributed by atoms with van der Waals surface area (Å²) in [6, 6.07) is 0. The van der Waals surface area contributed by atoms with Crippen molar-refractivity contribution in [2.75, 3.05) is 33.0 Å². The van der Waals surface area contributed by atoms with Crippen molar-refractivity contribution in [1.29, 1.82) is 0 Å². The van der Waals surface area contributed by atoms with Gasteiger partial charge in [0.15, 0.2) is 5.78 Å². The van der Waals surface area contributed by atoms with Crippen LogP contribution >= 0.6 is 0 Å². The van der Waals surface area contributed by atoms with E-state index in [1.54, 1.807) is 0 Å². The lowest BCUT2D eigenvalue weighted by Crippen LogP contribution is -2.43. The van der Waals surface area contributed by atoms with Crippen LogP contribution in [0.1, 0.15) is 19.3 Å². The lowest BCUT2D eigenvalue weighted by atomic mass is 9.83. The number of ketones is 1. The number of ether oxygens (including phenoxy) is 3. The Morgan fingerprint density at radius 1 is 1.38 bits per heavy atom. The van der Waals surface area contributed by atoms with Crippen LogP contribution in [0, 0.1) is 5.92 Å². The smallest absolute Gasteiger partial charge is 0.330 e. The van der Waals surface area contributed by atoms with Crippen molar-refractivity contribution in [2.24, 2.45) is 5.92 Å². The minimum Gasteiger partial charge on any atom is -0.378 e. The minimum atomic E-state index is -4.23. The van der Waals surface area contributed by atoms with Crippen molar-refractivity contribution in [2.45, 2.75) is 37.2 Å². The van der Waals surface area contributed by atoms with Crippen LogP contribution in [0.25, 0.3) is 0 Å². The lowest BCUT2D eigenvalue weighted by Gasteiger charge is -2.36. The Bertz CT molecular complexity index is 369. The standard InChI is InChI=1S/C13H18F4O4/c14-11(15)13(16,17)8-20-6-10(18)9-1-3-21-12(5-9)2-4-19-7-12/h9,11H,1-8H2. The molecule has 4 nitrogen and oxygen atoms in total. The van der Waals surface area contributed by atoms with Crippen LogP contribution in [-0.2, 0) is 19.0 Å². The largest absolute Gasteiger partial charge is 0.378 e. The molecule has 0 aliphatic carbocycles. The van der Waals surface area contributed by atoms with Crippen LogP contribution in [0.5, 0.6) is 0 Å². The molecule has 0 radical (unpaired) electrons. The highest BCUT2D eigenvalue weighted by Crippen LogP contribution is 2.36. The average molecular weight is 314 g/mol. The maximum Gasteiger partial charge on any atom is 0.330 e. The van der Waals surface area contributed by atoms with E-state index in [4.69, 9.17) is 9.47 Å². The summed E-state index contributed by atoms with van der Waals surface area (Å²) in [6.45, 7) is -0.649. The number of rotatable bonds is 6. The van der Waals surface area contributed by atoms with E-state index < -0.39 is 31.2 Å². The number of carbonyl (C=O) groups is 1. The van der Waals surface area contributed by atoms with Gasteiger partial charge >= 0.3 is 12.3 Å². The number of halogens is 4. The molecule has 2 saturated heterocycles. The number of hydrogen-bond donors (Lipinski definition) is 0. The fourth-order valence-electron chi connectivity index (χ4n) is 2.63. The molecule has 2 heterocycles. The van der Waals surface area contributed by atoms with Gasteiger partial charge in [-0.2, -0.15) is 8.78 Å². The van der Waals surface area contributed by atoms with Gasteiger partial charge in [-0.15, -0.1) is 0 Å². The zero-order chi connectivity index (χ0) is 15.5. The Hall–Kier alpha value is -0.730. The second-order valence-electron chi connectivity index (χ2n) is 5.54. The van der Waals surface area contributed by atoms with Crippen LogP contribution in [-0.4, -0.2) is 56.8 Å². The second kappa shape index (κ2) is 6.58. The topological polar surface area (TPSA) is 44.8 Å². The fraction of sp³-hybridized carbons (Fsp3) is 0.923. The van der Waals surface area contributed by atoms with Gasteiger partial charge in [0, 0.05) is 25.6 Å². The molecule has 0 N–H and O–H groups in total. The molecule has 2 atom stereocenters. The second-order valence-corrected chi connectivity index (χ2v) is 5.54.